The molecule has 0 aromatic rings. The Kier molecular flexibility index (Phi) is 2.94. The van der Waals surface area contributed by atoms with E-state index in [1.807, 2.05) is 6.92 Å². The molecule has 0 aliphatic carbocycles. The maximum Gasteiger partial charge on any atom is 0.327 e. The minimum Gasteiger partial charge on any atom is -0.396 e. The highest BCUT2D eigenvalue weighted by atomic mass is 31.2. The molecule has 1 heterocycles. The third-order valence-electron chi connectivity index (χ3n) is 2.30. The van der Waals surface area contributed by atoms with E-state index in [0.717, 1.165) is 6.42 Å². The molecule has 0 unspecified atom stereocenters. The van der Waals surface area contributed by atoms with E-state index >= 15 is 0 Å². The van der Waals surface area contributed by atoms with Gasteiger partial charge in [-0.2, -0.15) is 0 Å². The average molecular weight is 194 g/mol. The van der Waals surface area contributed by atoms with Crippen LogP contribution >= 0.6 is 7.60 Å². The van der Waals surface area contributed by atoms with Gasteiger partial charge in [-0.15, -0.1) is 0 Å². The van der Waals surface area contributed by atoms with E-state index in [1.165, 1.54) is 6.66 Å². The molecule has 1 saturated heterocycles. The van der Waals surface area contributed by atoms with Crippen LogP contribution in [0.15, 0.2) is 0 Å². The molecule has 1 N–H and O–H groups in total. The predicted octanol–water partition coefficient (Wildman–Crippen LogP) is 1.24. The average Bonchev–Trinajstić information content (AvgIpc) is 2.06. The van der Waals surface area contributed by atoms with Gasteiger partial charge in [0.2, 0.25) is 0 Å². The monoisotopic (exact) mass is 194 g/mol. The van der Waals surface area contributed by atoms with E-state index in [1.54, 1.807) is 0 Å². The molecule has 0 bridgehead atoms. The minimum absolute atomic E-state index is 0.0174. The molecule has 4 nitrogen and oxygen atoms in total. The zero-order valence-electron chi connectivity index (χ0n) is 7.45. The van der Waals surface area contributed by atoms with Crippen molar-refractivity contribution in [3.63, 3.8) is 0 Å². The van der Waals surface area contributed by atoms with E-state index in [-0.39, 0.29) is 12.0 Å². The van der Waals surface area contributed by atoms with E-state index in [9.17, 15) is 4.57 Å². The van der Waals surface area contributed by atoms with Crippen molar-refractivity contribution in [1.82, 2.24) is 0 Å². The molecule has 1 aliphatic rings. The van der Waals surface area contributed by atoms with Crippen LogP contribution in [-0.4, -0.2) is 31.6 Å². The summed E-state index contributed by atoms with van der Waals surface area (Å²) < 4.78 is 21.3. The summed E-state index contributed by atoms with van der Waals surface area (Å²) in [6, 6.07) is 0. The molecule has 0 aromatic carbocycles. The number of aliphatic hydroxyl groups is 1. The SMILES string of the molecule is CCC1(CO)COP(C)(=O)OC1. The highest BCUT2D eigenvalue weighted by Gasteiger charge is 2.38. The fourth-order valence-corrected chi connectivity index (χ4v) is 2.09. The van der Waals surface area contributed by atoms with Gasteiger partial charge in [-0.3, -0.25) is 4.57 Å². The third-order valence-corrected chi connectivity index (χ3v) is 3.49. The standard InChI is InChI=1S/C7H15O4P/c1-3-7(4-8)5-10-12(2,9)11-6-7/h8H,3-6H2,1-2H3. The molecule has 1 aliphatic heterocycles. The Morgan fingerprint density at radius 3 is 2.33 bits per heavy atom. The summed E-state index contributed by atoms with van der Waals surface area (Å²) in [5.74, 6) is 0. The first-order chi connectivity index (χ1) is 5.54. The molecular weight excluding hydrogens is 179 g/mol. The lowest BCUT2D eigenvalue weighted by Gasteiger charge is -2.36. The van der Waals surface area contributed by atoms with Crippen molar-refractivity contribution >= 4 is 7.60 Å². The van der Waals surface area contributed by atoms with Gasteiger partial charge in [-0.05, 0) is 6.42 Å². The fraction of sp³-hybridized carbons (Fsp3) is 1.00. The maximum atomic E-state index is 11.2. The highest BCUT2D eigenvalue weighted by Crippen LogP contribution is 2.50. The number of aliphatic hydroxyl groups excluding tert-OH is 1. The lowest BCUT2D eigenvalue weighted by Crippen LogP contribution is -2.38. The number of hydrogen-bond acceptors (Lipinski definition) is 4. The molecule has 0 spiro atoms. The Labute approximate surface area is 72.4 Å². The van der Waals surface area contributed by atoms with Crippen molar-refractivity contribution in [2.75, 3.05) is 26.5 Å². The minimum atomic E-state index is -2.80. The molecule has 1 rings (SSSR count). The van der Waals surface area contributed by atoms with Crippen molar-refractivity contribution in [3.05, 3.63) is 0 Å². The van der Waals surface area contributed by atoms with Crippen molar-refractivity contribution in [1.29, 1.82) is 0 Å². The van der Waals surface area contributed by atoms with Crippen LogP contribution in [0.2, 0.25) is 0 Å². The number of rotatable bonds is 2. The van der Waals surface area contributed by atoms with E-state index in [4.69, 9.17) is 14.2 Å². The van der Waals surface area contributed by atoms with Crippen LogP contribution in [0.5, 0.6) is 0 Å². The summed E-state index contributed by atoms with van der Waals surface area (Å²) in [5, 5.41) is 9.06. The molecule has 0 amide bonds. The first-order valence-electron chi connectivity index (χ1n) is 4.01. The molecule has 0 radical (unpaired) electrons. The van der Waals surface area contributed by atoms with Gasteiger partial charge in [-0.1, -0.05) is 6.92 Å². The van der Waals surface area contributed by atoms with Gasteiger partial charge in [-0.25, -0.2) is 0 Å². The Morgan fingerprint density at radius 1 is 1.50 bits per heavy atom. The van der Waals surface area contributed by atoms with Gasteiger partial charge in [0.25, 0.3) is 0 Å². The number of hydrogen-bond donors (Lipinski definition) is 1. The summed E-state index contributed by atoms with van der Waals surface area (Å²) in [5.41, 5.74) is -0.343. The van der Waals surface area contributed by atoms with Gasteiger partial charge < -0.3 is 14.2 Å². The van der Waals surface area contributed by atoms with E-state index < -0.39 is 7.60 Å². The molecule has 72 valence electrons. The van der Waals surface area contributed by atoms with Crippen LogP contribution in [0.4, 0.5) is 0 Å². The topological polar surface area (TPSA) is 55.8 Å². The van der Waals surface area contributed by atoms with Gasteiger partial charge in [0.05, 0.1) is 19.8 Å². The molecule has 0 aromatic heterocycles. The zero-order chi connectivity index (χ0) is 9.24. The van der Waals surface area contributed by atoms with E-state index in [2.05, 4.69) is 0 Å². The van der Waals surface area contributed by atoms with Gasteiger partial charge in [0.15, 0.2) is 0 Å². The molecule has 1 fully saturated rings. The van der Waals surface area contributed by atoms with Gasteiger partial charge in [0, 0.05) is 12.1 Å². The van der Waals surface area contributed by atoms with Gasteiger partial charge in [0.1, 0.15) is 0 Å². The molecule has 0 atom stereocenters. The highest BCUT2D eigenvalue weighted by molar-refractivity contribution is 7.53. The normalized spacial score (nSPS) is 42.9. The van der Waals surface area contributed by atoms with Crippen LogP contribution in [0.3, 0.4) is 0 Å². The van der Waals surface area contributed by atoms with Crippen molar-refractivity contribution in [2.45, 2.75) is 13.3 Å². The summed E-state index contributed by atoms with van der Waals surface area (Å²) in [6.45, 7) is 4.07. The lowest BCUT2D eigenvalue weighted by molar-refractivity contribution is -0.0212. The second-order valence-corrected chi connectivity index (χ2v) is 5.39. The second-order valence-electron chi connectivity index (χ2n) is 3.33. The maximum absolute atomic E-state index is 11.2. The molecular formula is C7H15O4P. The summed E-state index contributed by atoms with van der Waals surface area (Å²) in [6.07, 6.45) is 0.767. The Morgan fingerprint density at radius 2 is 2.00 bits per heavy atom. The van der Waals surface area contributed by atoms with Crippen LogP contribution in [0, 0.1) is 5.41 Å². The van der Waals surface area contributed by atoms with Crippen LogP contribution in [0.25, 0.3) is 0 Å². The summed E-state index contributed by atoms with van der Waals surface area (Å²) in [7, 11) is -2.80. The third kappa shape index (κ3) is 2.07. The summed E-state index contributed by atoms with van der Waals surface area (Å²) in [4.78, 5) is 0. The zero-order valence-corrected chi connectivity index (χ0v) is 8.34. The summed E-state index contributed by atoms with van der Waals surface area (Å²) >= 11 is 0. The van der Waals surface area contributed by atoms with Crippen molar-refractivity contribution < 1.29 is 18.7 Å². The quantitative estimate of drug-likeness (QED) is 0.672. The van der Waals surface area contributed by atoms with Crippen molar-refractivity contribution in [2.24, 2.45) is 5.41 Å². The van der Waals surface area contributed by atoms with Gasteiger partial charge >= 0.3 is 7.60 Å². The molecule has 0 saturated carbocycles. The first kappa shape index (κ1) is 10.2. The Bertz CT molecular complexity index is 186. The van der Waals surface area contributed by atoms with Crippen LogP contribution in [0.1, 0.15) is 13.3 Å². The van der Waals surface area contributed by atoms with E-state index in [0.29, 0.717) is 13.2 Å². The van der Waals surface area contributed by atoms with Crippen LogP contribution < -0.4 is 0 Å². The smallest absolute Gasteiger partial charge is 0.327 e. The second kappa shape index (κ2) is 3.46. The first-order valence-corrected chi connectivity index (χ1v) is 6.00. The Hall–Kier alpha value is 0.110. The molecule has 5 heteroatoms. The molecule has 12 heavy (non-hydrogen) atoms. The Balaban J connectivity index is 2.59. The fourth-order valence-electron chi connectivity index (χ4n) is 0.995. The predicted molar refractivity (Wildman–Crippen MR) is 45.2 cm³/mol. The largest absolute Gasteiger partial charge is 0.396 e. The van der Waals surface area contributed by atoms with Crippen LogP contribution in [-0.2, 0) is 13.6 Å². The van der Waals surface area contributed by atoms with Crippen molar-refractivity contribution in [3.8, 4) is 0 Å². The lowest BCUT2D eigenvalue weighted by atomic mass is 9.88.